The highest BCUT2D eigenvalue weighted by Crippen LogP contribution is 2.46. The van der Waals surface area contributed by atoms with E-state index in [-0.39, 0.29) is 35.6 Å². The summed E-state index contributed by atoms with van der Waals surface area (Å²) in [5.74, 6) is -0.450. The van der Waals surface area contributed by atoms with Gasteiger partial charge in [-0.05, 0) is 48.2 Å². The summed E-state index contributed by atoms with van der Waals surface area (Å²) in [6.07, 6.45) is 7.54. The van der Waals surface area contributed by atoms with Crippen LogP contribution in [0.2, 0.25) is 0 Å². The van der Waals surface area contributed by atoms with Crippen molar-refractivity contribution in [2.75, 3.05) is 26.4 Å². The maximum absolute atomic E-state index is 13.5. The molecule has 10 heteroatoms. The van der Waals surface area contributed by atoms with E-state index in [9.17, 15) is 19.0 Å². The van der Waals surface area contributed by atoms with Crippen LogP contribution in [0, 0.1) is 23.5 Å². The Morgan fingerprint density at radius 3 is 1.82 bits per heavy atom. The minimum atomic E-state index is -0.500. The zero-order valence-corrected chi connectivity index (χ0v) is 21.7. The van der Waals surface area contributed by atoms with Crippen LogP contribution < -0.4 is 0 Å². The molecule has 2 fully saturated rings. The number of nitrogens with zero attached hydrogens (tertiary/aromatic N) is 4. The van der Waals surface area contributed by atoms with Gasteiger partial charge in [-0.25, -0.2) is 18.7 Å². The highest BCUT2D eigenvalue weighted by molar-refractivity contribution is 5.70. The van der Waals surface area contributed by atoms with Gasteiger partial charge in [-0.1, -0.05) is 12.1 Å². The van der Waals surface area contributed by atoms with Crippen LogP contribution in [0.15, 0.2) is 61.4 Å². The molecular weight excluding hydrogens is 518 g/mol. The Kier molecular flexibility index (Phi) is 6.50. The molecule has 4 aliphatic rings. The smallest absolute Gasteiger partial charge is 0.123 e. The van der Waals surface area contributed by atoms with E-state index in [2.05, 4.69) is 9.97 Å². The van der Waals surface area contributed by atoms with E-state index in [1.165, 1.54) is 12.1 Å². The molecule has 4 aliphatic heterocycles. The third-order valence-electron chi connectivity index (χ3n) is 8.70. The van der Waals surface area contributed by atoms with E-state index in [0.717, 1.165) is 40.1 Å². The van der Waals surface area contributed by atoms with Gasteiger partial charge in [0.2, 0.25) is 0 Å². The zero-order chi connectivity index (χ0) is 27.4. The van der Waals surface area contributed by atoms with Crippen LogP contribution in [-0.2, 0) is 9.47 Å². The average molecular weight is 549 g/mol. The van der Waals surface area contributed by atoms with Gasteiger partial charge in [0, 0.05) is 36.2 Å². The van der Waals surface area contributed by atoms with E-state index in [1.807, 2.05) is 21.3 Å². The number of hydrogen-bond donors (Lipinski definition) is 2. The maximum Gasteiger partial charge on any atom is 0.123 e. The molecule has 0 spiro atoms. The lowest BCUT2D eigenvalue weighted by molar-refractivity contribution is -0.0540. The van der Waals surface area contributed by atoms with E-state index < -0.39 is 12.2 Å². The van der Waals surface area contributed by atoms with Gasteiger partial charge in [-0.2, -0.15) is 0 Å². The van der Waals surface area contributed by atoms with Gasteiger partial charge >= 0.3 is 0 Å². The first-order valence-corrected chi connectivity index (χ1v) is 13.7. The minimum Gasteiger partial charge on any atom is -0.393 e. The van der Waals surface area contributed by atoms with Gasteiger partial charge in [0.25, 0.3) is 0 Å². The summed E-state index contributed by atoms with van der Waals surface area (Å²) in [4.78, 5) is 8.33. The van der Waals surface area contributed by atoms with Gasteiger partial charge < -0.3 is 28.8 Å². The van der Waals surface area contributed by atoms with Crippen molar-refractivity contribution in [2.45, 2.75) is 37.1 Å². The van der Waals surface area contributed by atoms with Crippen molar-refractivity contribution >= 4 is 0 Å². The van der Waals surface area contributed by atoms with Crippen molar-refractivity contribution in [1.82, 2.24) is 19.1 Å². The van der Waals surface area contributed by atoms with Gasteiger partial charge in [0.1, 0.15) is 11.6 Å². The molecule has 2 aromatic heterocycles. The van der Waals surface area contributed by atoms with Crippen LogP contribution in [0.25, 0.3) is 22.5 Å². The number of ether oxygens (including phenoxy) is 2. The largest absolute Gasteiger partial charge is 0.393 e. The Morgan fingerprint density at radius 1 is 0.700 bits per heavy atom. The molecule has 2 saturated heterocycles. The fourth-order valence-corrected chi connectivity index (χ4v) is 6.82. The van der Waals surface area contributed by atoms with Crippen molar-refractivity contribution in [3.63, 3.8) is 0 Å². The van der Waals surface area contributed by atoms with Gasteiger partial charge in [0.05, 0.1) is 73.9 Å². The van der Waals surface area contributed by atoms with Crippen LogP contribution >= 0.6 is 0 Å². The number of imidazole rings is 2. The molecule has 6 atom stereocenters. The molecule has 4 aromatic rings. The first kappa shape index (κ1) is 25.5. The van der Waals surface area contributed by atoms with Crippen molar-refractivity contribution < 1.29 is 28.5 Å². The van der Waals surface area contributed by atoms with Crippen LogP contribution in [0.3, 0.4) is 0 Å². The predicted octanol–water partition coefficient (Wildman–Crippen LogP) is 3.98. The van der Waals surface area contributed by atoms with Crippen molar-refractivity contribution in [3.8, 4) is 22.5 Å². The molecule has 0 saturated carbocycles. The highest BCUT2D eigenvalue weighted by Gasteiger charge is 2.40. The fourth-order valence-electron chi connectivity index (χ4n) is 6.82. The molecule has 6 heterocycles. The van der Waals surface area contributed by atoms with Crippen molar-refractivity contribution in [1.29, 1.82) is 0 Å². The van der Waals surface area contributed by atoms with Crippen LogP contribution in [-0.4, -0.2) is 68.0 Å². The number of rotatable bonds is 2. The van der Waals surface area contributed by atoms with Crippen molar-refractivity contribution in [2.24, 2.45) is 11.8 Å². The summed E-state index contributed by atoms with van der Waals surface area (Å²) in [5.41, 5.74) is 5.68. The third-order valence-corrected chi connectivity index (χ3v) is 8.70. The van der Waals surface area contributed by atoms with Gasteiger partial charge in [-0.3, -0.25) is 0 Å². The Balaban J connectivity index is 0.000000132. The number of fused-ring (bicyclic) bond motifs is 6. The standard InChI is InChI=1S/2C15H15FN2O2/c16-9-1-2-10-11(5-9)13-6-17-8-18(13)15(10)12-7-20-4-3-14(12)19;16-9-1-2-10-12(5-9)13-6-17-8-18(13)15(10)11-3-4-20-7-14(11)19/h1-2,5-6,8,12,14-15,19H,3-4,7H2;1-2,5-6,8,11,14-15,19H,3-4,7H2. The second-order valence-electron chi connectivity index (χ2n) is 10.9. The summed E-state index contributed by atoms with van der Waals surface area (Å²) in [6.45, 7) is 2.12. The predicted molar refractivity (Wildman–Crippen MR) is 141 cm³/mol. The zero-order valence-electron chi connectivity index (χ0n) is 21.7. The topological polar surface area (TPSA) is 94.6 Å². The second kappa shape index (κ2) is 10.2. The summed E-state index contributed by atoms with van der Waals surface area (Å²) in [7, 11) is 0. The molecule has 2 N–H and O–H groups in total. The Labute approximate surface area is 229 Å². The second-order valence-corrected chi connectivity index (χ2v) is 10.9. The molecule has 6 unspecified atom stereocenters. The monoisotopic (exact) mass is 548 g/mol. The van der Waals surface area contributed by atoms with E-state index in [0.29, 0.717) is 32.8 Å². The molecule has 208 valence electrons. The normalized spacial score (nSPS) is 28.2. The van der Waals surface area contributed by atoms with Gasteiger partial charge in [0.15, 0.2) is 0 Å². The van der Waals surface area contributed by atoms with E-state index >= 15 is 0 Å². The molecule has 0 amide bonds. The molecule has 2 aromatic carbocycles. The molecule has 8 rings (SSSR count). The molecule has 0 radical (unpaired) electrons. The Hall–Kier alpha value is -3.44. The first-order chi connectivity index (χ1) is 19.5. The number of benzene rings is 2. The summed E-state index contributed by atoms with van der Waals surface area (Å²) < 4.78 is 41.9. The molecule has 0 aliphatic carbocycles. The quantitative estimate of drug-likeness (QED) is 0.394. The Morgan fingerprint density at radius 2 is 1.25 bits per heavy atom. The third kappa shape index (κ3) is 4.17. The fraction of sp³-hybridized carbons (Fsp3) is 0.400. The lowest BCUT2D eigenvalue weighted by atomic mass is 9.85. The number of aromatic nitrogens is 4. The Bertz CT molecular complexity index is 1420. The number of hydrogen-bond acceptors (Lipinski definition) is 6. The SMILES string of the molecule is OC1CCOCC1C1c2ccc(F)cc2-c2cncn21.OC1COCCC1C1c2ccc(F)cc2-c2cncn21. The number of aliphatic hydroxyl groups excluding tert-OH is 2. The molecule has 8 nitrogen and oxygen atoms in total. The van der Waals surface area contributed by atoms with E-state index in [1.54, 1.807) is 37.2 Å². The lowest BCUT2D eigenvalue weighted by Crippen LogP contribution is -2.37. The van der Waals surface area contributed by atoms with Crippen LogP contribution in [0.5, 0.6) is 0 Å². The number of aliphatic hydroxyl groups is 2. The minimum absolute atomic E-state index is 0.0157. The summed E-state index contributed by atoms with van der Waals surface area (Å²) in [6, 6.07) is 9.67. The molecule has 40 heavy (non-hydrogen) atoms. The van der Waals surface area contributed by atoms with Crippen LogP contribution in [0.4, 0.5) is 8.78 Å². The maximum atomic E-state index is 13.5. The summed E-state index contributed by atoms with van der Waals surface area (Å²) >= 11 is 0. The summed E-state index contributed by atoms with van der Waals surface area (Å²) in [5, 5.41) is 20.5. The van der Waals surface area contributed by atoms with Crippen LogP contribution in [0.1, 0.15) is 36.1 Å². The molecular formula is C30H30F2N4O4. The average Bonchev–Trinajstić information content (AvgIpc) is 3.72. The lowest BCUT2D eigenvalue weighted by Gasteiger charge is -2.33. The highest BCUT2D eigenvalue weighted by atomic mass is 19.1. The van der Waals surface area contributed by atoms with Gasteiger partial charge in [-0.15, -0.1) is 0 Å². The molecule has 0 bridgehead atoms. The first-order valence-electron chi connectivity index (χ1n) is 13.7. The number of halogens is 2. The van der Waals surface area contributed by atoms with Crippen molar-refractivity contribution in [3.05, 3.63) is 84.2 Å². The van der Waals surface area contributed by atoms with E-state index in [4.69, 9.17) is 9.47 Å².